The molecule has 0 unspecified atom stereocenters. The number of ether oxygens (including phenoxy) is 2. The summed E-state index contributed by atoms with van der Waals surface area (Å²) in [6, 6.07) is 15.7. The normalized spacial score (nSPS) is 15.8. The van der Waals surface area contributed by atoms with Gasteiger partial charge in [-0.25, -0.2) is 13.4 Å². The number of sulfonamides is 1. The van der Waals surface area contributed by atoms with Crippen molar-refractivity contribution in [2.75, 3.05) is 25.2 Å². The van der Waals surface area contributed by atoms with E-state index in [2.05, 4.69) is 9.82 Å². The minimum atomic E-state index is -3.42. The van der Waals surface area contributed by atoms with E-state index in [1.807, 2.05) is 29.6 Å². The van der Waals surface area contributed by atoms with E-state index in [0.717, 1.165) is 17.4 Å². The molecule has 172 valence electrons. The fourth-order valence-corrected chi connectivity index (χ4v) is 4.85. The summed E-state index contributed by atoms with van der Waals surface area (Å²) < 4.78 is 36.6. The molecule has 0 saturated heterocycles. The van der Waals surface area contributed by atoms with Crippen molar-refractivity contribution in [1.82, 2.24) is 5.01 Å². The molecule has 8 nitrogen and oxygen atoms in total. The molecule has 0 radical (unpaired) electrons. The largest absolute Gasteiger partial charge is 0.497 e. The van der Waals surface area contributed by atoms with Gasteiger partial charge in [0.25, 0.3) is 5.91 Å². The summed E-state index contributed by atoms with van der Waals surface area (Å²) in [5.74, 6) is 1.01. The maximum absolute atomic E-state index is 13.3. The lowest BCUT2D eigenvalue weighted by Gasteiger charge is -2.22. The summed E-state index contributed by atoms with van der Waals surface area (Å²) in [6.07, 6.45) is 1.54. The molecular weight excluding hydrogens is 462 g/mol. The molecule has 4 rings (SSSR count). The van der Waals surface area contributed by atoms with Crippen LogP contribution in [0.25, 0.3) is 0 Å². The van der Waals surface area contributed by atoms with Crippen molar-refractivity contribution < 1.29 is 22.7 Å². The molecule has 1 aliphatic rings. The SMILES string of the molecule is COc1cc(OC)cc([C@@H]2CC(c3cccc(NS(C)(=O)=O)c3)=NN2C(=O)c2cccs2)c1. The Hall–Kier alpha value is -3.37. The zero-order valence-electron chi connectivity index (χ0n) is 18.3. The van der Waals surface area contributed by atoms with Crippen LogP contribution in [-0.2, 0) is 10.0 Å². The third kappa shape index (κ3) is 5.18. The third-order valence-electron chi connectivity index (χ3n) is 5.11. The number of hydrazone groups is 1. The van der Waals surface area contributed by atoms with E-state index in [9.17, 15) is 13.2 Å². The summed E-state index contributed by atoms with van der Waals surface area (Å²) in [4.78, 5) is 13.9. The highest BCUT2D eigenvalue weighted by atomic mass is 32.2. The first-order valence-corrected chi connectivity index (χ1v) is 12.8. The number of anilines is 1. The number of methoxy groups -OCH3 is 2. The Morgan fingerprint density at radius 3 is 2.42 bits per heavy atom. The Bertz CT molecular complexity index is 1280. The second kappa shape index (κ2) is 9.24. The van der Waals surface area contributed by atoms with Crippen molar-refractivity contribution in [1.29, 1.82) is 0 Å². The van der Waals surface area contributed by atoms with E-state index in [4.69, 9.17) is 9.47 Å². The average Bonchev–Trinajstić information content (AvgIpc) is 3.48. The minimum Gasteiger partial charge on any atom is -0.497 e. The van der Waals surface area contributed by atoms with Crippen molar-refractivity contribution in [2.45, 2.75) is 12.5 Å². The molecule has 10 heteroatoms. The molecule has 1 amide bonds. The zero-order valence-corrected chi connectivity index (χ0v) is 19.9. The van der Waals surface area contributed by atoms with E-state index in [-0.39, 0.29) is 11.9 Å². The number of hydrogen-bond donors (Lipinski definition) is 1. The molecular formula is C23H23N3O5S2. The van der Waals surface area contributed by atoms with E-state index < -0.39 is 10.0 Å². The van der Waals surface area contributed by atoms with Crippen LogP contribution in [0.15, 0.2) is 65.1 Å². The smallest absolute Gasteiger partial charge is 0.284 e. The zero-order chi connectivity index (χ0) is 23.6. The van der Waals surface area contributed by atoms with Gasteiger partial charge >= 0.3 is 0 Å². The van der Waals surface area contributed by atoms with Crippen molar-refractivity contribution >= 4 is 38.7 Å². The highest BCUT2D eigenvalue weighted by Gasteiger charge is 2.34. The molecule has 1 aliphatic heterocycles. The second-order valence-corrected chi connectivity index (χ2v) is 10.2. The average molecular weight is 486 g/mol. The Morgan fingerprint density at radius 2 is 1.82 bits per heavy atom. The number of amides is 1. The van der Waals surface area contributed by atoms with Crippen molar-refractivity contribution in [3.63, 3.8) is 0 Å². The lowest BCUT2D eigenvalue weighted by Crippen LogP contribution is -2.26. The molecule has 3 aromatic rings. The van der Waals surface area contributed by atoms with Crippen LogP contribution in [0.3, 0.4) is 0 Å². The first kappa shape index (κ1) is 22.8. The summed E-state index contributed by atoms with van der Waals surface area (Å²) >= 11 is 1.35. The standard InChI is InChI=1S/C23H23N3O5S2/c1-30-18-11-16(12-19(13-18)31-2)21-14-20(24-26(21)23(27)22-8-5-9-32-22)15-6-4-7-17(10-15)25-33(3,28)29/h4-13,21,25H,14H2,1-3H3/t21-/m0/s1. The molecule has 2 aromatic carbocycles. The number of hydrogen-bond acceptors (Lipinski definition) is 7. The van der Waals surface area contributed by atoms with Crippen LogP contribution in [0.4, 0.5) is 5.69 Å². The highest BCUT2D eigenvalue weighted by molar-refractivity contribution is 7.92. The summed E-state index contributed by atoms with van der Waals surface area (Å²) in [6.45, 7) is 0. The lowest BCUT2D eigenvalue weighted by molar-refractivity contribution is 0.0715. The van der Waals surface area contributed by atoms with Crippen molar-refractivity contribution in [3.05, 3.63) is 76.0 Å². The van der Waals surface area contributed by atoms with Crippen LogP contribution in [0.5, 0.6) is 11.5 Å². The molecule has 0 bridgehead atoms. The predicted molar refractivity (Wildman–Crippen MR) is 129 cm³/mol. The van der Waals surface area contributed by atoms with E-state index in [1.165, 1.54) is 16.3 Å². The van der Waals surface area contributed by atoms with Crippen molar-refractivity contribution in [2.24, 2.45) is 5.10 Å². The summed E-state index contributed by atoms with van der Waals surface area (Å²) in [5.41, 5.74) is 2.65. The monoisotopic (exact) mass is 485 g/mol. The van der Waals surface area contributed by atoms with Gasteiger partial charge in [0.05, 0.1) is 37.1 Å². The molecule has 0 spiro atoms. The number of carbonyl (C=O) groups excluding carboxylic acids is 1. The van der Waals surface area contributed by atoms with Gasteiger partial charge in [-0.2, -0.15) is 5.10 Å². The summed E-state index contributed by atoms with van der Waals surface area (Å²) in [5, 5.41) is 7.99. The Kier molecular flexibility index (Phi) is 6.39. The molecule has 1 atom stereocenters. The number of nitrogens with zero attached hydrogens (tertiary/aromatic N) is 2. The maximum atomic E-state index is 13.3. The first-order chi connectivity index (χ1) is 15.8. The van der Waals surface area contributed by atoms with Gasteiger partial charge in [0, 0.05) is 18.2 Å². The number of carbonyl (C=O) groups is 1. The molecule has 2 heterocycles. The molecule has 0 aliphatic carbocycles. The van der Waals surface area contributed by atoms with Crippen LogP contribution in [-0.4, -0.2) is 45.5 Å². The Labute approximate surface area is 196 Å². The van der Waals surface area contributed by atoms with Gasteiger partial charge in [0.1, 0.15) is 11.5 Å². The quantitative estimate of drug-likeness (QED) is 0.543. The predicted octanol–water partition coefficient (Wildman–Crippen LogP) is 4.13. The first-order valence-electron chi connectivity index (χ1n) is 10.0. The molecule has 1 aromatic heterocycles. The molecule has 0 fully saturated rings. The minimum absolute atomic E-state index is 0.211. The van der Waals surface area contributed by atoms with E-state index >= 15 is 0 Å². The lowest BCUT2D eigenvalue weighted by atomic mass is 9.97. The number of rotatable bonds is 7. The fraction of sp³-hybridized carbons (Fsp3) is 0.217. The molecule has 1 N–H and O–H groups in total. The van der Waals surface area contributed by atoms with Crippen LogP contribution in [0, 0.1) is 0 Å². The van der Waals surface area contributed by atoms with Gasteiger partial charge in [-0.15, -0.1) is 11.3 Å². The van der Waals surface area contributed by atoms with Crippen LogP contribution < -0.4 is 14.2 Å². The highest BCUT2D eigenvalue weighted by Crippen LogP contribution is 2.38. The van der Waals surface area contributed by atoms with E-state index in [1.54, 1.807) is 44.6 Å². The maximum Gasteiger partial charge on any atom is 0.284 e. The molecule has 33 heavy (non-hydrogen) atoms. The van der Waals surface area contributed by atoms with Gasteiger partial charge in [0.15, 0.2) is 0 Å². The van der Waals surface area contributed by atoms with Gasteiger partial charge in [-0.1, -0.05) is 18.2 Å². The van der Waals surface area contributed by atoms with Gasteiger partial charge in [-0.3, -0.25) is 9.52 Å². The van der Waals surface area contributed by atoms with Gasteiger partial charge in [0.2, 0.25) is 10.0 Å². The number of benzene rings is 2. The fourth-order valence-electron chi connectivity index (χ4n) is 3.64. The third-order valence-corrected chi connectivity index (χ3v) is 6.57. The summed E-state index contributed by atoms with van der Waals surface area (Å²) in [7, 11) is -0.274. The number of thiophene rings is 1. The number of nitrogens with one attached hydrogen (secondary N) is 1. The molecule has 0 saturated carbocycles. The second-order valence-electron chi connectivity index (χ2n) is 7.49. The van der Waals surface area contributed by atoms with Crippen LogP contribution in [0.1, 0.15) is 33.3 Å². The topological polar surface area (TPSA) is 97.3 Å². The van der Waals surface area contributed by atoms with Crippen LogP contribution >= 0.6 is 11.3 Å². The van der Waals surface area contributed by atoms with Crippen molar-refractivity contribution in [3.8, 4) is 11.5 Å². The van der Waals surface area contributed by atoms with Gasteiger partial charge in [-0.05, 0) is 46.8 Å². The Balaban J connectivity index is 1.75. The van der Waals surface area contributed by atoms with Gasteiger partial charge < -0.3 is 9.47 Å². The van der Waals surface area contributed by atoms with E-state index in [0.29, 0.717) is 34.2 Å². The Morgan fingerprint density at radius 1 is 1.09 bits per heavy atom. The van der Waals surface area contributed by atoms with Crippen LogP contribution in [0.2, 0.25) is 0 Å².